The zero-order chi connectivity index (χ0) is 29.9. The molecule has 9 N–H and O–H groups in total. The molecule has 0 bridgehead atoms. The van der Waals surface area contributed by atoms with Crippen molar-refractivity contribution in [3.05, 3.63) is 23.0 Å². The lowest BCUT2D eigenvalue weighted by Gasteiger charge is -2.43. The second-order valence-electron chi connectivity index (χ2n) is 8.82. The molecule has 2 aromatic heterocycles. The average Bonchev–Trinajstić information content (AvgIpc) is 3.37. The number of nitrogen functional groups attached to an aromatic ring is 1. The number of β-lactam (4-membered cyclic amide) rings is 1. The van der Waals surface area contributed by atoms with E-state index < -0.39 is 64.1 Å². The highest BCUT2D eigenvalue weighted by molar-refractivity contribution is 7.84. The molecule has 2 aromatic rings. The Morgan fingerprint density at radius 2 is 2.02 bits per heavy atom. The Bertz CT molecular complexity index is 1480. The van der Waals surface area contributed by atoms with Crippen LogP contribution in [0.3, 0.4) is 0 Å². The highest BCUT2D eigenvalue weighted by Crippen LogP contribution is 2.40. The lowest BCUT2D eigenvalue weighted by atomic mass is 9.98. The van der Waals surface area contributed by atoms with Gasteiger partial charge in [-0.1, -0.05) is 5.16 Å². The third kappa shape index (κ3) is 6.67. The average molecular weight is 616 g/mol. The number of urea groups is 1. The van der Waals surface area contributed by atoms with Gasteiger partial charge in [0.15, 0.2) is 10.8 Å². The highest BCUT2D eigenvalue weighted by Gasteiger charge is 2.56. The van der Waals surface area contributed by atoms with Crippen LogP contribution in [0.5, 0.6) is 0 Å². The number of hydrogen-bond donors (Lipinski definition) is 7. The normalized spacial score (nSPS) is 19.7. The Labute approximate surface area is 234 Å². The van der Waals surface area contributed by atoms with Crippen molar-refractivity contribution in [3.63, 3.8) is 0 Å². The predicted octanol–water partition coefficient (Wildman–Crippen LogP) is -3.39. The molecule has 20 nitrogen and oxygen atoms in total. The molecule has 1 aliphatic heterocycles. The highest BCUT2D eigenvalue weighted by atomic mass is 32.2. The molecule has 0 radical (unpaired) electrons. The summed E-state index contributed by atoms with van der Waals surface area (Å²) in [5, 5.41) is 29.8. The minimum absolute atomic E-state index is 0.0450. The number of carboxylic acid groups (broad SMARTS) is 1. The first-order valence-electron chi connectivity index (χ1n) is 11.8. The summed E-state index contributed by atoms with van der Waals surface area (Å²) in [7, 11) is -5.04. The number of carbonyl (C=O) groups is 4. The number of carboxylic acids is 1. The predicted molar refractivity (Wildman–Crippen MR) is 137 cm³/mol. The summed E-state index contributed by atoms with van der Waals surface area (Å²) in [4.78, 5) is 59.0. The first-order chi connectivity index (χ1) is 19.3. The van der Waals surface area contributed by atoms with Crippen LogP contribution in [0.1, 0.15) is 24.2 Å². The molecule has 2 atom stereocenters. The van der Waals surface area contributed by atoms with Gasteiger partial charge in [-0.2, -0.15) is 23.4 Å². The largest absolute Gasteiger partial charge is 0.478 e. The molecule has 1 saturated carbocycles. The number of thiazole rings is 1. The van der Waals surface area contributed by atoms with Gasteiger partial charge in [0.05, 0.1) is 19.3 Å². The van der Waals surface area contributed by atoms with Gasteiger partial charge in [-0.3, -0.25) is 14.1 Å². The molecule has 4 rings (SSSR count). The molecule has 222 valence electrons. The van der Waals surface area contributed by atoms with Crippen LogP contribution >= 0.6 is 11.3 Å². The van der Waals surface area contributed by atoms with E-state index in [0.29, 0.717) is 0 Å². The van der Waals surface area contributed by atoms with E-state index in [1.54, 1.807) is 0 Å². The van der Waals surface area contributed by atoms with E-state index in [2.05, 4.69) is 36.3 Å². The van der Waals surface area contributed by atoms with E-state index in [4.69, 9.17) is 16.3 Å². The molecule has 0 aromatic carbocycles. The molecular formula is C19H25N11O9S2. The number of aromatic nitrogens is 4. The first kappa shape index (κ1) is 29.6. The first-order valence-corrected chi connectivity index (χ1v) is 14.1. The molecule has 0 spiro atoms. The molecule has 2 fully saturated rings. The summed E-state index contributed by atoms with van der Waals surface area (Å²) in [6.07, 6.45) is 1.58. The van der Waals surface area contributed by atoms with Crippen LogP contribution in [-0.4, -0.2) is 103 Å². The minimum atomic E-state index is -5.04. The van der Waals surface area contributed by atoms with Crippen LogP contribution < -0.4 is 27.4 Å². The number of nitrogens with two attached hydrogens (primary N) is 2. The SMILES string of the molecule is NCCNC(=O)NCc1cnn(CC2C(NC(=O)/C(=N\OC3(C(=O)O)CC3)c3csc(N)n3)C(=O)N2S(=O)(=O)O)n1. The third-order valence-electron chi connectivity index (χ3n) is 5.88. The molecule has 1 saturated heterocycles. The van der Waals surface area contributed by atoms with E-state index in [9.17, 15) is 37.3 Å². The van der Waals surface area contributed by atoms with Crippen LogP contribution in [0.4, 0.5) is 9.93 Å². The molecule has 4 amide bonds. The van der Waals surface area contributed by atoms with E-state index in [-0.39, 0.29) is 53.3 Å². The van der Waals surface area contributed by atoms with Gasteiger partial charge in [0.25, 0.3) is 11.8 Å². The van der Waals surface area contributed by atoms with Gasteiger partial charge in [-0.05, 0) is 0 Å². The Morgan fingerprint density at radius 1 is 1.29 bits per heavy atom. The van der Waals surface area contributed by atoms with Crippen LogP contribution in [0.25, 0.3) is 0 Å². The maximum Gasteiger partial charge on any atom is 0.362 e. The number of amides is 4. The van der Waals surface area contributed by atoms with E-state index in [1.165, 1.54) is 11.6 Å². The van der Waals surface area contributed by atoms with E-state index in [0.717, 1.165) is 16.1 Å². The molecule has 3 heterocycles. The number of oxime groups is 1. The second-order valence-corrected chi connectivity index (χ2v) is 11.0. The van der Waals surface area contributed by atoms with Crippen molar-refractivity contribution in [1.82, 2.24) is 40.2 Å². The number of nitrogens with one attached hydrogen (secondary N) is 3. The van der Waals surface area contributed by atoms with Gasteiger partial charge in [0.1, 0.15) is 23.5 Å². The van der Waals surface area contributed by atoms with Gasteiger partial charge in [-0.25, -0.2) is 18.9 Å². The van der Waals surface area contributed by atoms with E-state index >= 15 is 0 Å². The lowest BCUT2D eigenvalue weighted by molar-refractivity contribution is -0.153. The summed E-state index contributed by atoms with van der Waals surface area (Å²) >= 11 is 0.953. The fourth-order valence-electron chi connectivity index (χ4n) is 3.63. The van der Waals surface area contributed by atoms with Crippen molar-refractivity contribution in [2.45, 2.75) is 43.6 Å². The molecular weight excluding hydrogens is 590 g/mol. The topological polar surface area (TPSA) is 299 Å². The second kappa shape index (κ2) is 11.6. The van der Waals surface area contributed by atoms with E-state index in [1.807, 2.05) is 0 Å². The fraction of sp³-hybridized carbons (Fsp3) is 0.474. The molecule has 1 aliphatic carbocycles. The Kier molecular flexibility index (Phi) is 8.37. The minimum Gasteiger partial charge on any atom is -0.478 e. The molecule has 2 unspecified atom stereocenters. The summed E-state index contributed by atoms with van der Waals surface area (Å²) in [5.41, 5.74) is 9.03. The van der Waals surface area contributed by atoms with Crippen LogP contribution in [0.2, 0.25) is 0 Å². The fourth-order valence-corrected chi connectivity index (χ4v) is 5.05. The van der Waals surface area contributed by atoms with Crippen molar-refractivity contribution in [3.8, 4) is 0 Å². The Hall–Kier alpha value is -4.41. The zero-order valence-electron chi connectivity index (χ0n) is 21.0. The van der Waals surface area contributed by atoms with Crippen LogP contribution in [0, 0.1) is 0 Å². The van der Waals surface area contributed by atoms with Crippen molar-refractivity contribution in [2.75, 3.05) is 18.8 Å². The van der Waals surface area contributed by atoms with Gasteiger partial charge in [-0.15, -0.1) is 11.3 Å². The number of rotatable bonds is 13. The van der Waals surface area contributed by atoms with Crippen molar-refractivity contribution >= 4 is 56.3 Å². The van der Waals surface area contributed by atoms with Crippen LogP contribution in [0.15, 0.2) is 16.7 Å². The summed E-state index contributed by atoms with van der Waals surface area (Å²) < 4.78 is 33.5. The molecule has 41 heavy (non-hydrogen) atoms. The van der Waals surface area contributed by atoms with Crippen LogP contribution in [-0.2, 0) is 42.6 Å². The quantitative estimate of drug-likeness (QED) is 0.0500. The maximum absolute atomic E-state index is 13.2. The van der Waals surface area contributed by atoms with Gasteiger partial charge in [0.2, 0.25) is 5.60 Å². The maximum atomic E-state index is 13.2. The smallest absolute Gasteiger partial charge is 0.362 e. The number of nitrogens with zero attached hydrogens (tertiary/aromatic N) is 6. The van der Waals surface area contributed by atoms with Gasteiger partial charge < -0.3 is 37.4 Å². The van der Waals surface area contributed by atoms with Crippen molar-refractivity contribution in [2.24, 2.45) is 10.9 Å². The monoisotopic (exact) mass is 615 g/mol. The standard InChI is InChI=1S/C19H25N11O9S2/c20-3-4-22-18(35)23-5-9-6-24-29(27-9)7-11-13(15(32)30(11)41(36,37)38)26-14(31)12(10-8-40-17(21)25-10)28-39-19(1-2-19)16(33)34/h6,8,11,13H,1-5,7,20H2,(H2,21,25)(H,26,31)(H,33,34)(H2,22,23,35)(H,36,37,38)/b28-12-. The summed E-state index contributed by atoms with van der Waals surface area (Å²) in [6, 6.07) is -3.39. The lowest BCUT2D eigenvalue weighted by Crippen LogP contribution is -2.73. The summed E-state index contributed by atoms with van der Waals surface area (Å²) in [6.45, 7) is 0.0514. The zero-order valence-corrected chi connectivity index (χ0v) is 22.6. The number of anilines is 1. The molecule has 2 aliphatic rings. The number of carbonyl (C=O) groups excluding carboxylic acids is 3. The van der Waals surface area contributed by atoms with Crippen molar-refractivity contribution < 1.29 is 42.1 Å². The summed E-state index contributed by atoms with van der Waals surface area (Å²) in [5.74, 6) is -3.51. The van der Waals surface area contributed by atoms with Gasteiger partial charge in [0, 0.05) is 31.3 Å². The Morgan fingerprint density at radius 3 is 2.61 bits per heavy atom. The van der Waals surface area contributed by atoms with Crippen molar-refractivity contribution in [1.29, 1.82) is 0 Å². The number of aliphatic carboxylic acids is 1. The molecule has 22 heteroatoms. The third-order valence-corrected chi connectivity index (χ3v) is 7.51. The number of hydrogen-bond acceptors (Lipinski definition) is 14. The van der Waals surface area contributed by atoms with Gasteiger partial charge >= 0.3 is 22.3 Å². The Balaban J connectivity index is 1.50.